The summed E-state index contributed by atoms with van der Waals surface area (Å²) < 4.78 is 11.3. The maximum Gasteiger partial charge on any atom is 0.318 e. The first kappa shape index (κ1) is 28.2. The Morgan fingerprint density at radius 2 is 1.70 bits per heavy atom. The minimum Gasteiger partial charge on any atom is -0.490 e. The molecule has 11 heteroatoms. The first-order valence-corrected chi connectivity index (χ1v) is 12.8. The van der Waals surface area contributed by atoms with Crippen LogP contribution in [0.5, 0.6) is 17.2 Å². The lowest BCUT2D eigenvalue weighted by Crippen LogP contribution is -2.20. The van der Waals surface area contributed by atoms with Crippen LogP contribution in [-0.4, -0.2) is 28.6 Å². The summed E-state index contributed by atoms with van der Waals surface area (Å²) in [5, 5.41) is 26.5. The molecule has 2 atom stereocenters. The number of hydrogen-bond acceptors (Lipinski definition) is 8. The van der Waals surface area contributed by atoms with Gasteiger partial charge in [-0.1, -0.05) is 45.0 Å². The number of benzene rings is 3. The van der Waals surface area contributed by atoms with Crippen LogP contribution < -0.4 is 14.9 Å². The molecule has 1 fully saturated rings. The van der Waals surface area contributed by atoms with Crippen molar-refractivity contribution in [2.45, 2.75) is 45.4 Å². The highest BCUT2D eigenvalue weighted by Gasteiger charge is 2.44. The van der Waals surface area contributed by atoms with Gasteiger partial charge in [0.25, 0.3) is 5.69 Å². The van der Waals surface area contributed by atoms with Crippen molar-refractivity contribution in [1.29, 1.82) is 0 Å². The molecule has 0 heterocycles. The van der Waals surface area contributed by atoms with Gasteiger partial charge in [-0.3, -0.25) is 25.0 Å². The van der Waals surface area contributed by atoms with Gasteiger partial charge in [-0.15, -0.1) is 0 Å². The zero-order chi connectivity index (χ0) is 29.0. The summed E-state index contributed by atoms with van der Waals surface area (Å²) in [5.41, 5.74) is 4.68. The average molecular weight is 547 g/mol. The Hall–Kier alpha value is -4.80. The van der Waals surface area contributed by atoms with Gasteiger partial charge in [-0.25, -0.2) is 5.43 Å². The zero-order valence-electron chi connectivity index (χ0n) is 22.6. The third kappa shape index (κ3) is 6.60. The molecule has 1 aliphatic carbocycles. The number of nitro groups is 2. The van der Waals surface area contributed by atoms with Crippen LogP contribution in [0.4, 0.5) is 11.4 Å². The molecular formula is C29H30N4O7. The number of rotatable bonds is 10. The molecule has 40 heavy (non-hydrogen) atoms. The van der Waals surface area contributed by atoms with E-state index in [1.165, 1.54) is 23.9 Å². The van der Waals surface area contributed by atoms with E-state index in [0.29, 0.717) is 5.56 Å². The lowest BCUT2D eigenvalue weighted by Gasteiger charge is -2.19. The number of nitro benzene ring substituents is 2. The number of carbonyl (C=O) groups is 1. The molecule has 3 aromatic rings. The van der Waals surface area contributed by atoms with Crippen molar-refractivity contribution in [3.05, 3.63) is 97.6 Å². The van der Waals surface area contributed by atoms with Crippen LogP contribution in [0.2, 0.25) is 0 Å². The highest BCUT2D eigenvalue weighted by atomic mass is 16.6. The van der Waals surface area contributed by atoms with Gasteiger partial charge in [0, 0.05) is 12.0 Å². The third-order valence-electron chi connectivity index (χ3n) is 6.56. The number of nitrogens with one attached hydrogen (secondary N) is 1. The van der Waals surface area contributed by atoms with Crippen LogP contribution in [0.3, 0.4) is 0 Å². The molecule has 0 spiro atoms. The molecule has 2 unspecified atom stereocenters. The second kappa shape index (κ2) is 11.5. The summed E-state index contributed by atoms with van der Waals surface area (Å²) >= 11 is 0. The van der Waals surface area contributed by atoms with Crippen LogP contribution in [0.15, 0.2) is 65.8 Å². The molecule has 4 rings (SSSR count). The number of hydrazone groups is 1. The number of nitrogens with zero attached hydrogens (tertiary/aromatic N) is 3. The Morgan fingerprint density at radius 3 is 2.33 bits per heavy atom. The molecule has 11 nitrogen and oxygen atoms in total. The van der Waals surface area contributed by atoms with Crippen molar-refractivity contribution in [3.8, 4) is 17.2 Å². The summed E-state index contributed by atoms with van der Waals surface area (Å²) in [6.45, 7) is 8.54. The van der Waals surface area contributed by atoms with Crippen LogP contribution in [0.25, 0.3) is 0 Å². The monoisotopic (exact) mass is 546 g/mol. The van der Waals surface area contributed by atoms with Gasteiger partial charge in [0.2, 0.25) is 11.7 Å². The van der Waals surface area contributed by atoms with Crippen LogP contribution in [0.1, 0.15) is 56.7 Å². The molecule has 0 aliphatic heterocycles. The van der Waals surface area contributed by atoms with Crippen LogP contribution >= 0.6 is 0 Å². The second-order valence-corrected chi connectivity index (χ2v) is 10.5. The topological polar surface area (TPSA) is 146 Å². The second-order valence-electron chi connectivity index (χ2n) is 10.5. The maximum absolute atomic E-state index is 12.6. The molecule has 1 saturated carbocycles. The minimum atomic E-state index is -0.752. The predicted octanol–water partition coefficient (Wildman–Crippen LogP) is 6.25. The number of hydrogen-bond donors (Lipinski definition) is 1. The molecule has 3 aromatic carbocycles. The van der Waals surface area contributed by atoms with E-state index >= 15 is 0 Å². The van der Waals surface area contributed by atoms with E-state index in [1.54, 1.807) is 19.1 Å². The van der Waals surface area contributed by atoms with Gasteiger partial charge in [0.05, 0.1) is 28.7 Å². The van der Waals surface area contributed by atoms with E-state index in [2.05, 4.69) is 55.6 Å². The van der Waals surface area contributed by atoms with E-state index in [1.807, 2.05) is 0 Å². The molecule has 0 saturated heterocycles. The fraction of sp³-hybridized carbons (Fsp3) is 0.310. The zero-order valence-corrected chi connectivity index (χ0v) is 22.6. The van der Waals surface area contributed by atoms with Gasteiger partial charge in [0.15, 0.2) is 11.5 Å². The first-order chi connectivity index (χ1) is 19.0. The molecule has 0 aromatic heterocycles. The molecule has 0 radical (unpaired) electrons. The number of amides is 1. The van der Waals surface area contributed by atoms with E-state index in [0.717, 1.165) is 24.1 Å². The Morgan fingerprint density at radius 1 is 1.00 bits per heavy atom. The Labute approximate surface area is 231 Å². The van der Waals surface area contributed by atoms with Crippen molar-refractivity contribution in [1.82, 2.24) is 5.43 Å². The van der Waals surface area contributed by atoms with Crippen LogP contribution in [-0.2, 0) is 10.2 Å². The molecule has 1 N–H and O–H groups in total. The highest BCUT2D eigenvalue weighted by molar-refractivity contribution is 5.86. The lowest BCUT2D eigenvalue weighted by atomic mass is 9.86. The van der Waals surface area contributed by atoms with Gasteiger partial charge < -0.3 is 9.47 Å². The molecule has 1 aliphatic rings. The predicted molar refractivity (Wildman–Crippen MR) is 149 cm³/mol. The molecule has 208 valence electrons. The quantitative estimate of drug-likeness (QED) is 0.180. The minimum absolute atomic E-state index is 0.0720. The Balaban J connectivity index is 1.41. The van der Waals surface area contributed by atoms with Crippen molar-refractivity contribution in [2.24, 2.45) is 11.0 Å². The van der Waals surface area contributed by atoms with Gasteiger partial charge in [-0.2, -0.15) is 5.10 Å². The summed E-state index contributed by atoms with van der Waals surface area (Å²) in [7, 11) is 0. The largest absolute Gasteiger partial charge is 0.490 e. The fourth-order valence-electron chi connectivity index (χ4n) is 4.26. The van der Waals surface area contributed by atoms with Gasteiger partial charge in [-0.05, 0) is 65.6 Å². The summed E-state index contributed by atoms with van der Waals surface area (Å²) in [6.07, 6.45) is 2.24. The summed E-state index contributed by atoms with van der Waals surface area (Å²) in [4.78, 5) is 33.6. The fourth-order valence-corrected chi connectivity index (χ4v) is 4.26. The average Bonchev–Trinajstić information content (AvgIpc) is 3.71. The van der Waals surface area contributed by atoms with Crippen molar-refractivity contribution in [3.63, 3.8) is 0 Å². The number of ether oxygens (including phenoxy) is 2. The molecular weight excluding hydrogens is 516 g/mol. The first-order valence-electron chi connectivity index (χ1n) is 12.8. The smallest absolute Gasteiger partial charge is 0.318 e. The molecule has 1 amide bonds. The van der Waals surface area contributed by atoms with E-state index in [9.17, 15) is 25.0 Å². The van der Waals surface area contributed by atoms with Crippen molar-refractivity contribution in [2.75, 3.05) is 6.61 Å². The van der Waals surface area contributed by atoms with E-state index in [-0.39, 0.29) is 47.0 Å². The Bertz CT molecular complexity index is 1460. The standard InChI is InChI=1S/C29H30N4O7/c1-5-39-27-14-18(6-12-26(27)40-25-13-11-21(32(35)36)15-24(25)33(37)38)17-30-31-28(34)23-16-22(23)19-7-9-20(10-8-19)29(2,3)4/h6-15,17,22-23H,5,16H2,1-4H3,(H,31,34)/b30-17+. The van der Waals surface area contributed by atoms with Crippen molar-refractivity contribution < 1.29 is 24.1 Å². The van der Waals surface area contributed by atoms with Gasteiger partial charge >= 0.3 is 5.69 Å². The van der Waals surface area contributed by atoms with Crippen LogP contribution in [0, 0.1) is 26.1 Å². The summed E-state index contributed by atoms with van der Waals surface area (Å²) in [6, 6.07) is 16.3. The maximum atomic E-state index is 12.6. The third-order valence-corrected chi connectivity index (χ3v) is 6.56. The SMILES string of the molecule is CCOc1cc(/C=N/NC(=O)C2CC2c2ccc(C(C)(C)C)cc2)ccc1Oc1ccc([N+](=O)[O-])cc1[N+](=O)[O-]. The normalized spacial score (nSPS) is 16.4. The van der Waals surface area contributed by atoms with E-state index in [4.69, 9.17) is 9.47 Å². The lowest BCUT2D eigenvalue weighted by molar-refractivity contribution is -0.394. The molecule has 0 bridgehead atoms. The van der Waals surface area contributed by atoms with Gasteiger partial charge in [0.1, 0.15) is 0 Å². The summed E-state index contributed by atoms with van der Waals surface area (Å²) in [5.74, 6) is 0.178. The highest BCUT2D eigenvalue weighted by Crippen LogP contribution is 2.47. The Kier molecular flexibility index (Phi) is 8.13. The van der Waals surface area contributed by atoms with E-state index < -0.39 is 21.2 Å². The van der Waals surface area contributed by atoms with Crippen molar-refractivity contribution >= 4 is 23.5 Å². The number of carbonyl (C=O) groups excluding carboxylic acids is 1. The number of non-ortho nitro benzene ring substituents is 1.